The Kier molecular flexibility index (Phi) is 5.31. The number of benzene rings is 1. The van der Waals surface area contributed by atoms with Crippen molar-refractivity contribution in [1.82, 2.24) is 9.97 Å². The zero-order valence-electron chi connectivity index (χ0n) is 10.8. The molecule has 0 aliphatic carbocycles. The van der Waals surface area contributed by atoms with Gasteiger partial charge in [0, 0.05) is 17.2 Å². The molecule has 0 bridgehead atoms. The second-order valence-corrected chi connectivity index (χ2v) is 5.84. The number of rotatable bonds is 5. The molecule has 0 atom stereocenters. The highest BCUT2D eigenvalue weighted by Gasteiger charge is 2.08. The summed E-state index contributed by atoms with van der Waals surface area (Å²) in [6.45, 7) is 2.84. The van der Waals surface area contributed by atoms with Crippen molar-refractivity contribution in [1.29, 1.82) is 0 Å². The molecule has 106 valence electrons. The Morgan fingerprint density at radius 3 is 2.85 bits per heavy atom. The number of hydrogen-bond acceptors (Lipinski definition) is 4. The van der Waals surface area contributed by atoms with Crippen LogP contribution in [0.15, 0.2) is 33.3 Å². The molecular formula is C13H13Br2FN4. The Morgan fingerprint density at radius 1 is 1.30 bits per heavy atom. The quantitative estimate of drug-likeness (QED) is 0.759. The first-order chi connectivity index (χ1) is 9.60. The van der Waals surface area contributed by atoms with E-state index in [-0.39, 0.29) is 5.82 Å². The van der Waals surface area contributed by atoms with Crippen LogP contribution >= 0.6 is 31.9 Å². The van der Waals surface area contributed by atoms with Crippen molar-refractivity contribution in [3.8, 4) is 0 Å². The van der Waals surface area contributed by atoms with Crippen molar-refractivity contribution in [3.63, 3.8) is 0 Å². The molecule has 2 N–H and O–H groups in total. The molecule has 0 saturated heterocycles. The van der Waals surface area contributed by atoms with Gasteiger partial charge < -0.3 is 10.6 Å². The third kappa shape index (κ3) is 3.89. The first-order valence-corrected chi connectivity index (χ1v) is 7.67. The molecule has 2 rings (SSSR count). The summed E-state index contributed by atoms with van der Waals surface area (Å²) in [6, 6.07) is 4.69. The second-order valence-electron chi connectivity index (χ2n) is 4.07. The number of anilines is 3. The molecule has 0 unspecified atom stereocenters. The monoisotopic (exact) mass is 402 g/mol. The number of halogens is 3. The van der Waals surface area contributed by atoms with Crippen LogP contribution in [0, 0.1) is 5.82 Å². The molecular weight excluding hydrogens is 391 g/mol. The Bertz CT molecular complexity index is 607. The summed E-state index contributed by atoms with van der Waals surface area (Å²) in [5, 5.41) is 6.04. The van der Waals surface area contributed by atoms with Crippen molar-refractivity contribution in [2.24, 2.45) is 0 Å². The van der Waals surface area contributed by atoms with E-state index >= 15 is 0 Å². The third-order valence-electron chi connectivity index (χ3n) is 2.46. The zero-order chi connectivity index (χ0) is 14.5. The molecule has 0 spiro atoms. The second kappa shape index (κ2) is 6.99. The van der Waals surface area contributed by atoms with Crippen LogP contribution in [0.4, 0.5) is 21.8 Å². The van der Waals surface area contributed by atoms with Gasteiger partial charge in [0.05, 0.1) is 10.2 Å². The van der Waals surface area contributed by atoms with E-state index in [9.17, 15) is 4.39 Å². The van der Waals surface area contributed by atoms with Gasteiger partial charge in [-0.2, -0.15) is 4.98 Å². The van der Waals surface area contributed by atoms with Gasteiger partial charge in [0.25, 0.3) is 0 Å². The van der Waals surface area contributed by atoms with Crippen LogP contribution in [0.3, 0.4) is 0 Å². The molecule has 4 nitrogen and oxygen atoms in total. The summed E-state index contributed by atoms with van der Waals surface area (Å²) in [4.78, 5) is 8.46. The molecule has 0 aliphatic heterocycles. The number of hydrogen-bond donors (Lipinski definition) is 2. The lowest BCUT2D eigenvalue weighted by atomic mass is 10.3. The smallest absolute Gasteiger partial charge is 0.224 e. The van der Waals surface area contributed by atoms with Crippen LogP contribution in [0.5, 0.6) is 0 Å². The minimum atomic E-state index is -0.346. The maximum absolute atomic E-state index is 13.7. The highest BCUT2D eigenvalue weighted by molar-refractivity contribution is 9.10. The Balaban J connectivity index is 2.25. The fourth-order valence-electron chi connectivity index (χ4n) is 1.50. The van der Waals surface area contributed by atoms with Gasteiger partial charge in [0.15, 0.2) is 0 Å². The van der Waals surface area contributed by atoms with E-state index in [0.717, 1.165) is 17.4 Å². The van der Waals surface area contributed by atoms with Crippen molar-refractivity contribution in [2.75, 3.05) is 17.2 Å². The molecule has 20 heavy (non-hydrogen) atoms. The molecule has 0 radical (unpaired) electrons. The molecule has 0 amide bonds. The maximum atomic E-state index is 13.7. The maximum Gasteiger partial charge on any atom is 0.224 e. The summed E-state index contributed by atoms with van der Waals surface area (Å²) in [5.41, 5.74) is 0.347. The van der Waals surface area contributed by atoms with Gasteiger partial charge in [-0.3, -0.25) is 0 Å². The Labute approximate surface area is 133 Å². The van der Waals surface area contributed by atoms with Crippen molar-refractivity contribution in [2.45, 2.75) is 13.3 Å². The van der Waals surface area contributed by atoms with E-state index in [1.165, 1.54) is 6.07 Å². The van der Waals surface area contributed by atoms with Crippen molar-refractivity contribution >= 4 is 49.3 Å². The minimum absolute atomic E-state index is 0.346. The number of aromatic nitrogens is 2. The van der Waals surface area contributed by atoms with Gasteiger partial charge in [-0.25, -0.2) is 9.37 Å². The molecule has 7 heteroatoms. The highest BCUT2D eigenvalue weighted by atomic mass is 79.9. The van der Waals surface area contributed by atoms with Gasteiger partial charge >= 0.3 is 0 Å². The van der Waals surface area contributed by atoms with E-state index in [2.05, 4.69) is 59.4 Å². The van der Waals surface area contributed by atoms with Crippen LogP contribution in [0.25, 0.3) is 0 Å². The lowest BCUT2D eigenvalue weighted by Crippen LogP contribution is -2.06. The number of nitrogens with one attached hydrogen (secondary N) is 2. The van der Waals surface area contributed by atoms with Gasteiger partial charge in [0.2, 0.25) is 5.95 Å². The standard InChI is InChI=1S/C13H13Br2FN4/c1-2-5-17-13-18-7-9(15)12(20-13)19-11-6-8(14)3-4-10(11)16/h3-4,6-7H,2,5H2,1H3,(H2,17,18,19,20). The summed E-state index contributed by atoms with van der Waals surface area (Å²) in [6.07, 6.45) is 2.60. The molecule has 1 heterocycles. The normalized spacial score (nSPS) is 10.4. The minimum Gasteiger partial charge on any atom is -0.354 e. The number of nitrogens with zero attached hydrogens (tertiary/aromatic N) is 2. The lowest BCUT2D eigenvalue weighted by Gasteiger charge is -2.10. The fraction of sp³-hybridized carbons (Fsp3) is 0.231. The SMILES string of the molecule is CCCNc1ncc(Br)c(Nc2cc(Br)ccc2F)n1. The van der Waals surface area contributed by atoms with Crippen LogP contribution in [0.1, 0.15) is 13.3 Å². The Hall–Kier alpha value is -1.21. The van der Waals surface area contributed by atoms with Gasteiger partial charge in [-0.1, -0.05) is 22.9 Å². The zero-order valence-corrected chi connectivity index (χ0v) is 13.9. The average molecular weight is 404 g/mol. The Morgan fingerprint density at radius 2 is 2.10 bits per heavy atom. The van der Waals surface area contributed by atoms with E-state index in [0.29, 0.717) is 21.9 Å². The molecule has 1 aromatic heterocycles. The van der Waals surface area contributed by atoms with Crippen molar-refractivity contribution < 1.29 is 4.39 Å². The van der Waals surface area contributed by atoms with Gasteiger partial charge in [0.1, 0.15) is 11.6 Å². The molecule has 1 aromatic carbocycles. The molecule has 2 aromatic rings. The first-order valence-electron chi connectivity index (χ1n) is 6.08. The fourth-order valence-corrected chi connectivity index (χ4v) is 2.15. The molecule has 0 saturated carbocycles. The van der Waals surface area contributed by atoms with Crippen LogP contribution in [0.2, 0.25) is 0 Å². The van der Waals surface area contributed by atoms with Crippen molar-refractivity contribution in [3.05, 3.63) is 39.2 Å². The largest absolute Gasteiger partial charge is 0.354 e. The van der Waals surface area contributed by atoms with E-state index in [4.69, 9.17) is 0 Å². The topological polar surface area (TPSA) is 49.8 Å². The predicted octanol–water partition coefficient (Wildman–Crippen LogP) is 4.71. The summed E-state index contributed by atoms with van der Waals surface area (Å²) < 4.78 is 15.2. The van der Waals surface area contributed by atoms with Gasteiger partial charge in [-0.05, 0) is 40.5 Å². The molecule has 0 aliphatic rings. The van der Waals surface area contributed by atoms with Crippen LogP contribution < -0.4 is 10.6 Å². The van der Waals surface area contributed by atoms with E-state index in [1.807, 2.05) is 0 Å². The average Bonchev–Trinajstić information content (AvgIpc) is 2.43. The van der Waals surface area contributed by atoms with Crippen LogP contribution in [-0.4, -0.2) is 16.5 Å². The van der Waals surface area contributed by atoms with Gasteiger partial charge in [-0.15, -0.1) is 0 Å². The first kappa shape index (κ1) is 15.2. The summed E-state index contributed by atoms with van der Waals surface area (Å²) in [7, 11) is 0. The molecule has 0 fully saturated rings. The summed E-state index contributed by atoms with van der Waals surface area (Å²) >= 11 is 6.66. The summed E-state index contributed by atoms with van der Waals surface area (Å²) in [5.74, 6) is 0.672. The predicted molar refractivity (Wildman–Crippen MR) is 85.9 cm³/mol. The lowest BCUT2D eigenvalue weighted by molar-refractivity contribution is 0.631. The van der Waals surface area contributed by atoms with Crippen LogP contribution in [-0.2, 0) is 0 Å². The highest BCUT2D eigenvalue weighted by Crippen LogP contribution is 2.27. The third-order valence-corrected chi connectivity index (χ3v) is 3.53. The van der Waals surface area contributed by atoms with E-state index < -0.39 is 0 Å². The van der Waals surface area contributed by atoms with E-state index in [1.54, 1.807) is 18.3 Å².